The maximum atomic E-state index is 12.9. The van der Waals surface area contributed by atoms with E-state index in [4.69, 9.17) is 5.11 Å². The number of carbonyl (C=O) groups is 1. The van der Waals surface area contributed by atoms with Gasteiger partial charge in [-0.15, -0.1) is 0 Å². The summed E-state index contributed by atoms with van der Waals surface area (Å²) in [5.41, 5.74) is 3.74. The normalized spacial score (nSPS) is 10.7. The zero-order valence-corrected chi connectivity index (χ0v) is 11.4. The molecule has 2 nitrogen and oxygen atoms in total. The van der Waals surface area contributed by atoms with Crippen LogP contribution in [0.15, 0.2) is 55.1 Å². The van der Waals surface area contributed by atoms with E-state index < -0.39 is 5.97 Å². The summed E-state index contributed by atoms with van der Waals surface area (Å²) >= 11 is 0. The Labute approximate surface area is 122 Å². The molecule has 0 aliphatic carbocycles. The minimum Gasteiger partial charge on any atom is -0.478 e. The number of hydrogen-bond acceptors (Lipinski definition) is 1. The van der Waals surface area contributed by atoms with E-state index in [2.05, 4.69) is 6.58 Å². The number of carboxylic acids is 1. The molecule has 2 aromatic rings. The third-order valence-corrected chi connectivity index (χ3v) is 3.10. The van der Waals surface area contributed by atoms with Gasteiger partial charge in [0.05, 0.1) is 0 Å². The molecule has 0 aliphatic heterocycles. The lowest BCUT2D eigenvalue weighted by atomic mass is 9.99. The van der Waals surface area contributed by atoms with Crippen molar-refractivity contribution in [3.63, 3.8) is 0 Å². The topological polar surface area (TPSA) is 37.3 Å². The van der Waals surface area contributed by atoms with Crippen LogP contribution < -0.4 is 0 Å². The lowest BCUT2D eigenvalue weighted by Crippen LogP contribution is -1.92. The maximum Gasteiger partial charge on any atom is 0.328 e. The van der Waals surface area contributed by atoms with Gasteiger partial charge in [-0.1, -0.05) is 43.0 Å². The molecule has 0 fully saturated rings. The van der Waals surface area contributed by atoms with Crippen LogP contribution in [0.25, 0.3) is 12.2 Å². The van der Waals surface area contributed by atoms with Gasteiger partial charge < -0.3 is 5.11 Å². The van der Waals surface area contributed by atoms with Crippen molar-refractivity contribution in [1.29, 1.82) is 0 Å². The quantitative estimate of drug-likeness (QED) is 0.836. The first-order valence-corrected chi connectivity index (χ1v) is 6.49. The number of hydrogen-bond donors (Lipinski definition) is 1. The Morgan fingerprint density at radius 1 is 1.10 bits per heavy atom. The van der Waals surface area contributed by atoms with E-state index in [9.17, 15) is 9.18 Å². The van der Waals surface area contributed by atoms with Crippen molar-refractivity contribution in [1.82, 2.24) is 0 Å². The minimum absolute atomic E-state index is 0.250. The molecule has 2 aromatic carbocycles. The smallest absolute Gasteiger partial charge is 0.328 e. The van der Waals surface area contributed by atoms with Gasteiger partial charge in [-0.05, 0) is 46.9 Å². The molecule has 0 radical (unpaired) electrons. The molecule has 0 spiro atoms. The van der Waals surface area contributed by atoms with Gasteiger partial charge in [0.1, 0.15) is 5.82 Å². The van der Waals surface area contributed by atoms with E-state index in [1.54, 1.807) is 24.3 Å². The van der Waals surface area contributed by atoms with Gasteiger partial charge >= 0.3 is 5.97 Å². The van der Waals surface area contributed by atoms with Crippen molar-refractivity contribution in [2.75, 3.05) is 0 Å². The fourth-order valence-corrected chi connectivity index (χ4v) is 2.06. The first kappa shape index (κ1) is 14.7. The zero-order chi connectivity index (χ0) is 15.2. The number of carboxylic acid groups (broad SMARTS) is 1. The predicted molar refractivity (Wildman–Crippen MR) is 82.4 cm³/mol. The maximum absolute atomic E-state index is 12.9. The first-order valence-electron chi connectivity index (χ1n) is 6.49. The number of benzene rings is 2. The lowest BCUT2D eigenvalue weighted by molar-refractivity contribution is -0.131. The molecule has 106 valence electrons. The van der Waals surface area contributed by atoms with E-state index in [1.807, 2.05) is 18.2 Å². The van der Waals surface area contributed by atoms with Gasteiger partial charge in [-0.2, -0.15) is 0 Å². The van der Waals surface area contributed by atoms with Crippen molar-refractivity contribution in [2.45, 2.75) is 6.42 Å². The molecule has 0 aromatic heterocycles. The molecule has 1 N–H and O–H groups in total. The lowest BCUT2D eigenvalue weighted by Gasteiger charge is -2.06. The van der Waals surface area contributed by atoms with Crippen LogP contribution >= 0.6 is 0 Å². The largest absolute Gasteiger partial charge is 0.478 e. The predicted octanol–water partition coefficient (Wildman–Crippen LogP) is 4.16. The average Bonchev–Trinajstić information content (AvgIpc) is 2.48. The molecule has 3 heteroatoms. The second kappa shape index (κ2) is 6.66. The third kappa shape index (κ3) is 4.14. The average molecular weight is 282 g/mol. The Morgan fingerprint density at radius 2 is 1.76 bits per heavy atom. The molecule has 0 amide bonds. The standard InChI is InChI=1S/C18H15FO2/c1-2-15-12-14(3-6-16(15)7-10-18(20)21)11-13-4-8-17(19)9-5-13/h2-10,12H,1,11H2,(H,20,21)/b10-7+. The Bertz CT molecular complexity index is 685. The Balaban J connectivity index is 2.24. The van der Waals surface area contributed by atoms with Crippen molar-refractivity contribution < 1.29 is 14.3 Å². The summed E-state index contributed by atoms with van der Waals surface area (Å²) in [4.78, 5) is 10.6. The number of rotatable bonds is 5. The minimum atomic E-state index is -0.986. The van der Waals surface area contributed by atoms with Gasteiger partial charge in [0.2, 0.25) is 0 Å². The van der Waals surface area contributed by atoms with E-state index in [-0.39, 0.29) is 5.82 Å². The van der Waals surface area contributed by atoms with Gasteiger partial charge in [-0.3, -0.25) is 0 Å². The molecule has 0 aliphatic rings. The van der Waals surface area contributed by atoms with Gasteiger partial charge in [0.15, 0.2) is 0 Å². The van der Waals surface area contributed by atoms with Crippen LogP contribution in [0.2, 0.25) is 0 Å². The first-order chi connectivity index (χ1) is 10.1. The van der Waals surface area contributed by atoms with Crippen molar-refractivity contribution in [2.24, 2.45) is 0 Å². The molecule has 21 heavy (non-hydrogen) atoms. The van der Waals surface area contributed by atoms with Crippen LogP contribution in [0.1, 0.15) is 22.3 Å². The second-order valence-corrected chi connectivity index (χ2v) is 4.64. The van der Waals surface area contributed by atoms with E-state index in [0.717, 1.165) is 28.3 Å². The summed E-state index contributed by atoms with van der Waals surface area (Å²) in [6.07, 6.45) is 5.02. The van der Waals surface area contributed by atoms with Gasteiger partial charge in [0, 0.05) is 6.08 Å². The molecule has 0 bridgehead atoms. The molecular formula is C18H15FO2. The Kier molecular flexibility index (Phi) is 4.67. The summed E-state index contributed by atoms with van der Waals surface area (Å²) < 4.78 is 12.9. The monoisotopic (exact) mass is 282 g/mol. The highest BCUT2D eigenvalue weighted by atomic mass is 19.1. The molecule has 2 rings (SSSR count). The fraction of sp³-hybridized carbons (Fsp3) is 0.0556. The van der Waals surface area contributed by atoms with Crippen molar-refractivity contribution in [3.05, 3.63) is 83.2 Å². The van der Waals surface area contributed by atoms with Crippen LogP contribution in [0.5, 0.6) is 0 Å². The highest BCUT2D eigenvalue weighted by Gasteiger charge is 2.02. The van der Waals surface area contributed by atoms with Crippen LogP contribution in [-0.2, 0) is 11.2 Å². The second-order valence-electron chi connectivity index (χ2n) is 4.64. The van der Waals surface area contributed by atoms with Crippen LogP contribution in [0, 0.1) is 5.82 Å². The highest BCUT2D eigenvalue weighted by molar-refractivity contribution is 5.86. The summed E-state index contributed by atoms with van der Waals surface area (Å²) in [5, 5.41) is 8.67. The van der Waals surface area contributed by atoms with Crippen molar-refractivity contribution >= 4 is 18.1 Å². The number of halogens is 1. The molecule has 0 atom stereocenters. The Morgan fingerprint density at radius 3 is 2.38 bits per heavy atom. The molecule has 0 unspecified atom stereocenters. The summed E-state index contributed by atoms with van der Waals surface area (Å²) in [6, 6.07) is 12.1. The molecule has 0 saturated carbocycles. The van der Waals surface area contributed by atoms with Gasteiger partial charge in [-0.25, -0.2) is 9.18 Å². The van der Waals surface area contributed by atoms with Crippen molar-refractivity contribution in [3.8, 4) is 0 Å². The van der Waals surface area contributed by atoms with Gasteiger partial charge in [0.25, 0.3) is 0 Å². The highest BCUT2D eigenvalue weighted by Crippen LogP contribution is 2.18. The SMILES string of the molecule is C=Cc1cc(Cc2ccc(F)cc2)ccc1/C=C/C(=O)O. The third-order valence-electron chi connectivity index (χ3n) is 3.10. The summed E-state index contributed by atoms with van der Waals surface area (Å²) in [6.45, 7) is 3.75. The molecule has 0 heterocycles. The summed E-state index contributed by atoms with van der Waals surface area (Å²) in [5.74, 6) is -1.24. The summed E-state index contributed by atoms with van der Waals surface area (Å²) in [7, 11) is 0. The molecule has 0 saturated heterocycles. The van der Waals surface area contributed by atoms with E-state index >= 15 is 0 Å². The van der Waals surface area contributed by atoms with Crippen LogP contribution in [0.3, 0.4) is 0 Å². The number of aliphatic carboxylic acids is 1. The van der Waals surface area contributed by atoms with Crippen LogP contribution in [-0.4, -0.2) is 11.1 Å². The Hall–Kier alpha value is -2.68. The van der Waals surface area contributed by atoms with Crippen LogP contribution in [0.4, 0.5) is 4.39 Å². The van der Waals surface area contributed by atoms with E-state index in [0.29, 0.717) is 6.42 Å². The fourth-order valence-electron chi connectivity index (χ4n) is 2.06. The zero-order valence-electron chi connectivity index (χ0n) is 11.4. The van der Waals surface area contributed by atoms with E-state index in [1.165, 1.54) is 12.1 Å². The molecular weight excluding hydrogens is 267 g/mol.